The number of hydrogen-bond donors (Lipinski definition) is 2. The number of rotatable bonds is 5. The molecule has 1 amide bonds. The summed E-state index contributed by atoms with van der Waals surface area (Å²) in [5.74, 6) is 0.460. The fourth-order valence-corrected chi connectivity index (χ4v) is 2.61. The Balaban J connectivity index is 0.00000288. The van der Waals surface area contributed by atoms with Crippen molar-refractivity contribution in [1.82, 2.24) is 20.0 Å². The van der Waals surface area contributed by atoms with Gasteiger partial charge in [-0.3, -0.25) is 9.67 Å². The number of nitrogens with zero attached hydrogens (tertiary/aromatic N) is 4. The van der Waals surface area contributed by atoms with Crippen molar-refractivity contribution < 1.29 is 9.53 Å². The largest absolute Gasteiger partial charge is 0.450 e. The molecule has 0 saturated carbocycles. The number of nitrogens with two attached hydrogens (primary N) is 1. The molecule has 0 radical (unpaired) electrons. The fourth-order valence-electron chi connectivity index (χ4n) is 2.61. The van der Waals surface area contributed by atoms with Crippen LogP contribution < -0.4 is 11.1 Å². The summed E-state index contributed by atoms with van der Waals surface area (Å²) in [4.78, 5) is 17.7. The molecule has 136 valence electrons. The second kappa shape index (κ2) is 10.4. The minimum absolute atomic E-state index is 0. The molecule has 2 heterocycles. The highest BCUT2D eigenvalue weighted by Gasteiger charge is 2.23. The molecular formula is C15H27IN6O2. The van der Waals surface area contributed by atoms with Crippen LogP contribution in [0.1, 0.15) is 25.5 Å². The number of likely N-dealkylation sites (tertiary alicyclic amines) is 1. The lowest BCUT2D eigenvalue weighted by atomic mass is 10.1. The summed E-state index contributed by atoms with van der Waals surface area (Å²) in [6, 6.07) is 2.23. The maximum Gasteiger partial charge on any atom is 0.409 e. The molecule has 8 nitrogen and oxygen atoms in total. The Morgan fingerprint density at radius 2 is 2.21 bits per heavy atom. The van der Waals surface area contributed by atoms with Crippen molar-refractivity contribution in [3.63, 3.8) is 0 Å². The number of aryl methyl sites for hydroxylation is 1. The number of carbonyl (C=O) groups excluding carboxylic acids is 1. The summed E-state index contributed by atoms with van der Waals surface area (Å²) in [6.07, 6.45) is 4.04. The van der Waals surface area contributed by atoms with Crippen molar-refractivity contribution in [3.8, 4) is 0 Å². The third-order valence-corrected chi connectivity index (χ3v) is 3.95. The first-order valence-corrected chi connectivity index (χ1v) is 8.05. The first kappa shape index (κ1) is 20.5. The van der Waals surface area contributed by atoms with Crippen molar-refractivity contribution in [2.45, 2.75) is 32.2 Å². The van der Waals surface area contributed by atoms with Gasteiger partial charge < -0.3 is 20.7 Å². The summed E-state index contributed by atoms with van der Waals surface area (Å²) >= 11 is 0. The van der Waals surface area contributed by atoms with Gasteiger partial charge in [0.1, 0.15) is 0 Å². The standard InChI is InChI=1S/C15H26N6O2.HI/c1-3-23-15(22)21-10-6-12(7-11-21)19-14(16)17-8-4-13-5-9-18-20(13)2;/h5,9,12H,3-4,6-8,10-11H2,1-2H3,(H3,16,17,19);1H. The van der Waals surface area contributed by atoms with Crippen LogP contribution in [0.3, 0.4) is 0 Å². The number of piperidine rings is 1. The van der Waals surface area contributed by atoms with E-state index in [1.165, 1.54) is 0 Å². The lowest BCUT2D eigenvalue weighted by Crippen LogP contribution is -2.48. The van der Waals surface area contributed by atoms with Gasteiger partial charge in [-0.1, -0.05) is 0 Å². The Labute approximate surface area is 159 Å². The molecule has 0 aliphatic carbocycles. The molecule has 1 aromatic rings. The summed E-state index contributed by atoms with van der Waals surface area (Å²) in [7, 11) is 1.91. The van der Waals surface area contributed by atoms with E-state index in [-0.39, 0.29) is 36.1 Å². The lowest BCUT2D eigenvalue weighted by Gasteiger charge is -2.31. The molecule has 1 aromatic heterocycles. The van der Waals surface area contributed by atoms with E-state index in [2.05, 4.69) is 15.4 Å². The van der Waals surface area contributed by atoms with Crippen LogP contribution in [-0.4, -0.2) is 59.0 Å². The van der Waals surface area contributed by atoms with Crippen molar-refractivity contribution in [1.29, 1.82) is 0 Å². The molecular weight excluding hydrogens is 423 g/mol. The van der Waals surface area contributed by atoms with Crippen molar-refractivity contribution in [2.75, 3.05) is 26.2 Å². The Morgan fingerprint density at radius 3 is 2.79 bits per heavy atom. The highest BCUT2D eigenvalue weighted by molar-refractivity contribution is 14.0. The number of hydrogen-bond acceptors (Lipinski definition) is 4. The zero-order valence-electron chi connectivity index (χ0n) is 14.3. The summed E-state index contributed by atoms with van der Waals surface area (Å²) in [5, 5.41) is 7.35. The van der Waals surface area contributed by atoms with Crippen LogP contribution in [0, 0.1) is 0 Å². The van der Waals surface area contributed by atoms with E-state index in [1.54, 1.807) is 11.1 Å². The molecule has 0 atom stereocenters. The normalized spacial score (nSPS) is 15.8. The number of guanidine groups is 1. The SMILES string of the molecule is CCOC(=O)N1CCC(NC(N)=NCCc2ccnn2C)CC1.I. The zero-order valence-corrected chi connectivity index (χ0v) is 16.6. The molecule has 3 N–H and O–H groups in total. The van der Waals surface area contributed by atoms with E-state index in [9.17, 15) is 4.79 Å². The van der Waals surface area contributed by atoms with Crippen LogP contribution in [0.15, 0.2) is 17.3 Å². The van der Waals surface area contributed by atoms with E-state index in [4.69, 9.17) is 10.5 Å². The average Bonchev–Trinajstić information content (AvgIpc) is 2.93. The average molecular weight is 450 g/mol. The van der Waals surface area contributed by atoms with Crippen molar-refractivity contribution >= 4 is 36.0 Å². The van der Waals surface area contributed by atoms with Gasteiger partial charge in [0.2, 0.25) is 0 Å². The Hall–Kier alpha value is -1.52. The quantitative estimate of drug-likeness (QED) is 0.398. The van der Waals surface area contributed by atoms with Gasteiger partial charge in [0, 0.05) is 51.0 Å². The maximum absolute atomic E-state index is 11.6. The van der Waals surface area contributed by atoms with Gasteiger partial charge in [0.05, 0.1) is 6.61 Å². The second-order valence-corrected chi connectivity index (χ2v) is 5.57. The Kier molecular flexibility index (Phi) is 8.87. The summed E-state index contributed by atoms with van der Waals surface area (Å²) < 4.78 is 6.84. The van der Waals surface area contributed by atoms with Gasteiger partial charge in [-0.2, -0.15) is 5.10 Å². The topological polar surface area (TPSA) is 97.8 Å². The molecule has 9 heteroatoms. The second-order valence-electron chi connectivity index (χ2n) is 5.57. The van der Waals surface area contributed by atoms with Gasteiger partial charge in [-0.05, 0) is 25.8 Å². The number of aliphatic imine (C=N–C) groups is 1. The highest BCUT2D eigenvalue weighted by Crippen LogP contribution is 2.11. The molecule has 1 aliphatic rings. The fraction of sp³-hybridized carbons (Fsp3) is 0.667. The molecule has 1 saturated heterocycles. The molecule has 0 spiro atoms. The highest BCUT2D eigenvalue weighted by atomic mass is 127. The molecule has 1 fully saturated rings. The lowest BCUT2D eigenvalue weighted by molar-refractivity contribution is 0.0963. The number of ether oxygens (including phenoxy) is 1. The maximum atomic E-state index is 11.6. The van der Waals surface area contributed by atoms with Crippen molar-refractivity contribution in [2.24, 2.45) is 17.8 Å². The molecule has 1 aliphatic heterocycles. The first-order chi connectivity index (χ1) is 11.1. The van der Waals surface area contributed by atoms with Gasteiger partial charge in [0.15, 0.2) is 5.96 Å². The number of halogens is 1. The number of carbonyl (C=O) groups is 1. The van der Waals surface area contributed by atoms with Crippen LogP contribution in [0.4, 0.5) is 4.79 Å². The Bertz CT molecular complexity index is 540. The minimum Gasteiger partial charge on any atom is -0.450 e. The third-order valence-electron chi connectivity index (χ3n) is 3.95. The Morgan fingerprint density at radius 1 is 1.50 bits per heavy atom. The molecule has 2 rings (SSSR count). The monoisotopic (exact) mass is 450 g/mol. The van der Waals surface area contributed by atoms with Crippen LogP contribution in [0.5, 0.6) is 0 Å². The van der Waals surface area contributed by atoms with Crippen molar-refractivity contribution in [3.05, 3.63) is 18.0 Å². The molecule has 0 unspecified atom stereocenters. The van der Waals surface area contributed by atoms with E-state index in [0.29, 0.717) is 32.2 Å². The van der Waals surface area contributed by atoms with Gasteiger partial charge >= 0.3 is 6.09 Å². The van der Waals surface area contributed by atoms with Gasteiger partial charge in [-0.25, -0.2) is 4.79 Å². The van der Waals surface area contributed by atoms with Crippen LogP contribution >= 0.6 is 24.0 Å². The van der Waals surface area contributed by atoms with E-state index >= 15 is 0 Å². The summed E-state index contributed by atoms with van der Waals surface area (Å²) in [5.41, 5.74) is 7.06. The van der Waals surface area contributed by atoms with E-state index < -0.39 is 0 Å². The first-order valence-electron chi connectivity index (χ1n) is 8.05. The predicted octanol–water partition coefficient (Wildman–Crippen LogP) is 1.11. The summed E-state index contributed by atoms with van der Waals surface area (Å²) in [6.45, 7) is 4.21. The third kappa shape index (κ3) is 6.17. The van der Waals surface area contributed by atoms with Crippen LogP contribution in [-0.2, 0) is 18.2 Å². The number of nitrogens with one attached hydrogen (secondary N) is 1. The minimum atomic E-state index is -0.233. The molecule has 0 bridgehead atoms. The number of aromatic nitrogens is 2. The smallest absolute Gasteiger partial charge is 0.409 e. The zero-order chi connectivity index (χ0) is 16.7. The van der Waals surface area contributed by atoms with Crippen LogP contribution in [0.2, 0.25) is 0 Å². The molecule has 24 heavy (non-hydrogen) atoms. The molecule has 0 aromatic carbocycles. The van der Waals surface area contributed by atoms with Crippen LogP contribution in [0.25, 0.3) is 0 Å². The predicted molar refractivity (Wildman–Crippen MR) is 104 cm³/mol. The van der Waals surface area contributed by atoms with Gasteiger partial charge in [0.25, 0.3) is 0 Å². The van der Waals surface area contributed by atoms with Gasteiger partial charge in [-0.15, -0.1) is 24.0 Å². The van der Waals surface area contributed by atoms with E-state index in [1.807, 2.05) is 24.7 Å². The van der Waals surface area contributed by atoms with E-state index in [0.717, 1.165) is 25.0 Å². The number of amides is 1.